The summed E-state index contributed by atoms with van der Waals surface area (Å²) in [5.74, 6) is 0.445. The lowest BCUT2D eigenvalue weighted by molar-refractivity contribution is -0.111. The lowest BCUT2D eigenvalue weighted by Crippen LogP contribution is -2.37. The van der Waals surface area contributed by atoms with Gasteiger partial charge < -0.3 is 14.8 Å². The molecular weight excluding hydrogens is 356 g/mol. The number of piperidine rings is 1. The molecular formula is C21H26N4O3. The molecule has 1 aliphatic heterocycles. The van der Waals surface area contributed by atoms with E-state index < -0.39 is 11.2 Å². The van der Waals surface area contributed by atoms with Crippen LogP contribution >= 0.6 is 0 Å². The summed E-state index contributed by atoms with van der Waals surface area (Å²) in [5.41, 5.74) is 1.28. The maximum Gasteiger partial charge on any atom is 0.330 e. The Bertz CT molecular complexity index is 994. The third-order valence-corrected chi connectivity index (χ3v) is 5.17. The summed E-state index contributed by atoms with van der Waals surface area (Å²) in [4.78, 5) is 38.3. The van der Waals surface area contributed by atoms with Gasteiger partial charge in [0, 0.05) is 50.8 Å². The van der Waals surface area contributed by atoms with Gasteiger partial charge in [0.25, 0.3) is 5.56 Å². The van der Waals surface area contributed by atoms with Gasteiger partial charge in [0.05, 0.1) is 5.56 Å². The molecule has 2 heterocycles. The Kier molecular flexibility index (Phi) is 5.82. The van der Waals surface area contributed by atoms with Crippen molar-refractivity contribution >= 4 is 23.4 Å². The van der Waals surface area contributed by atoms with Gasteiger partial charge in [-0.25, -0.2) is 4.79 Å². The highest BCUT2D eigenvalue weighted by atomic mass is 16.2. The van der Waals surface area contributed by atoms with Crippen molar-refractivity contribution < 1.29 is 4.79 Å². The third-order valence-electron chi connectivity index (χ3n) is 5.17. The molecule has 1 amide bonds. The van der Waals surface area contributed by atoms with E-state index in [9.17, 15) is 14.4 Å². The zero-order valence-electron chi connectivity index (χ0n) is 16.5. The van der Waals surface area contributed by atoms with E-state index in [1.165, 1.54) is 42.8 Å². The zero-order valence-corrected chi connectivity index (χ0v) is 16.5. The molecule has 0 saturated carbocycles. The molecule has 0 unspecified atom stereocenters. The lowest BCUT2D eigenvalue weighted by Gasteiger charge is -2.32. The average Bonchev–Trinajstić information content (AvgIpc) is 2.69. The molecule has 0 radical (unpaired) electrons. The smallest absolute Gasteiger partial charge is 0.330 e. The number of carbonyl (C=O) groups is 1. The Balaban J connectivity index is 1.64. The predicted molar refractivity (Wildman–Crippen MR) is 112 cm³/mol. The highest BCUT2D eigenvalue weighted by molar-refractivity contribution is 6.01. The van der Waals surface area contributed by atoms with E-state index in [0.29, 0.717) is 5.69 Å². The minimum Gasteiger partial charge on any atom is -0.372 e. The number of carbonyl (C=O) groups excluding carboxylic acids is 1. The number of rotatable bonds is 4. The summed E-state index contributed by atoms with van der Waals surface area (Å²) >= 11 is 0. The van der Waals surface area contributed by atoms with Gasteiger partial charge in [-0.1, -0.05) is 6.92 Å². The van der Waals surface area contributed by atoms with Crippen molar-refractivity contribution in [3.05, 3.63) is 62.9 Å². The van der Waals surface area contributed by atoms with Crippen molar-refractivity contribution in [2.45, 2.75) is 19.8 Å². The number of amides is 1. The Labute approximate surface area is 163 Å². The summed E-state index contributed by atoms with van der Waals surface area (Å²) in [7, 11) is 2.97. The fourth-order valence-electron chi connectivity index (χ4n) is 3.32. The fourth-order valence-corrected chi connectivity index (χ4v) is 3.32. The standard InChI is InChI=1S/C21H26N4O3/c1-15-10-12-25(13-11-15)18-7-5-17(6-8-18)22-19(26)9-4-16-14-23(2)21(28)24(3)20(16)27/h4-9,14-15H,10-13H2,1-3H3,(H,22,26)/b9-4+. The van der Waals surface area contributed by atoms with Crippen molar-refractivity contribution in [1.29, 1.82) is 0 Å². The first-order chi connectivity index (χ1) is 13.3. The number of benzene rings is 1. The Morgan fingerprint density at radius 3 is 2.39 bits per heavy atom. The number of aryl methyl sites for hydroxylation is 1. The van der Waals surface area contributed by atoms with Crippen molar-refractivity contribution in [2.75, 3.05) is 23.3 Å². The van der Waals surface area contributed by atoms with E-state index in [4.69, 9.17) is 0 Å². The van der Waals surface area contributed by atoms with Gasteiger partial charge in [-0.15, -0.1) is 0 Å². The van der Waals surface area contributed by atoms with Gasteiger partial charge in [0.2, 0.25) is 5.91 Å². The van der Waals surface area contributed by atoms with Gasteiger partial charge in [0.1, 0.15) is 0 Å². The zero-order chi connectivity index (χ0) is 20.3. The highest BCUT2D eigenvalue weighted by Crippen LogP contribution is 2.24. The second kappa shape index (κ2) is 8.29. The van der Waals surface area contributed by atoms with Crippen molar-refractivity contribution in [3.8, 4) is 0 Å². The molecule has 28 heavy (non-hydrogen) atoms. The minimum absolute atomic E-state index is 0.273. The number of anilines is 2. The predicted octanol–water partition coefficient (Wildman–Crippen LogP) is 1.97. The highest BCUT2D eigenvalue weighted by Gasteiger charge is 2.15. The number of hydrogen-bond acceptors (Lipinski definition) is 4. The Hall–Kier alpha value is -3.09. The van der Waals surface area contributed by atoms with Crippen LogP contribution in [0.5, 0.6) is 0 Å². The van der Waals surface area contributed by atoms with Crippen LogP contribution in [0.25, 0.3) is 6.08 Å². The molecule has 1 aromatic carbocycles. The molecule has 1 aliphatic rings. The van der Waals surface area contributed by atoms with Crippen molar-refractivity contribution in [3.63, 3.8) is 0 Å². The van der Waals surface area contributed by atoms with Crippen LogP contribution in [0, 0.1) is 5.92 Å². The van der Waals surface area contributed by atoms with E-state index in [1.807, 2.05) is 24.3 Å². The first-order valence-electron chi connectivity index (χ1n) is 9.46. The second-order valence-corrected chi connectivity index (χ2v) is 7.38. The van der Waals surface area contributed by atoms with Crippen LogP contribution in [-0.4, -0.2) is 28.1 Å². The van der Waals surface area contributed by atoms with Crippen LogP contribution in [0.2, 0.25) is 0 Å². The summed E-state index contributed by atoms with van der Waals surface area (Å²) in [5, 5.41) is 2.79. The maximum absolute atomic E-state index is 12.2. The largest absolute Gasteiger partial charge is 0.372 e. The molecule has 148 valence electrons. The topological polar surface area (TPSA) is 76.3 Å². The molecule has 1 saturated heterocycles. The van der Waals surface area contributed by atoms with E-state index in [1.54, 1.807) is 7.05 Å². The minimum atomic E-state index is -0.438. The average molecular weight is 382 g/mol. The summed E-state index contributed by atoms with van der Waals surface area (Å²) in [6, 6.07) is 7.78. The van der Waals surface area contributed by atoms with Gasteiger partial charge in [0.15, 0.2) is 0 Å². The summed E-state index contributed by atoms with van der Waals surface area (Å²) in [6.45, 7) is 4.41. The first kappa shape index (κ1) is 19.7. The van der Waals surface area contributed by atoms with Crippen LogP contribution in [-0.2, 0) is 18.9 Å². The molecule has 2 aromatic rings. The fraction of sp³-hybridized carbons (Fsp3) is 0.381. The number of nitrogens with zero attached hydrogens (tertiary/aromatic N) is 3. The van der Waals surface area contributed by atoms with Crippen LogP contribution in [0.15, 0.2) is 46.1 Å². The quantitative estimate of drug-likeness (QED) is 0.821. The van der Waals surface area contributed by atoms with E-state index in [0.717, 1.165) is 29.3 Å². The van der Waals surface area contributed by atoms with Gasteiger partial charge in [-0.2, -0.15) is 0 Å². The molecule has 1 aromatic heterocycles. The molecule has 7 heteroatoms. The number of hydrogen-bond donors (Lipinski definition) is 1. The molecule has 0 atom stereocenters. The molecule has 7 nitrogen and oxygen atoms in total. The van der Waals surface area contributed by atoms with Crippen LogP contribution in [0.3, 0.4) is 0 Å². The van der Waals surface area contributed by atoms with Gasteiger partial charge in [-0.05, 0) is 49.1 Å². The van der Waals surface area contributed by atoms with Crippen LogP contribution < -0.4 is 21.5 Å². The second-order valence-electron chi connectivity index (χ2n) is 7.38. The third kappa shape index (κ3) is 4.42. The molecule has 0 bridgehead atoms. The van der Waals surface area contributed by atoms with Crippen molar-refractivity contribution in [1.82, 2.24) is 9.13 Å². The van der Waals surface area contributed by atoms with Gasteiger partial charge in [-0.3, -0.25) is 14.2 Å². The maximum atomic E-state index is 12.2. The molecule has 0 aliphatic carbocycles. The summed E-state index contributed by atoms with van der Waals surface area (Å²) < 4.78 is 2.32. The number of nitrogens with one attached hydrogen (secondary N) is 1. The summed E-state index contributed by atoms with van der Waals surface area (Å²) in [6.07, 6.45) is 6.53. The molecule has 1 fully saturated rings. The van der Waals surface area contributed by atoms with E-state index >= 15 is 0 Å². The molecule has 1 N–H and O–H groups in total. The lowest BCUT2D eigenvalue weighted by atomic mass is 9.99. The first-order valence-corrected chi connectivity index (χ1v) is 9.46. The van der Waals surface area contributed by atoms with Crippen molar-refractivity contribution in [2.24, 2.45) is 20.0 Å². The van der Waals surface area contributed by atoms with E-state index in [-0.39, 0.29) is 11.5 Å². The SMILES string of the molecule is CC1CCN(c2ccc(NC(=O)/C=C/c3cn(C)c(=O)n(C)c3=O)cc2)CC1. The van der Waals surface area contributed by atoms with Gasteiger partial charge >= 0.3 is 5.69 Å². The Morgan fingerprint density at radius 2 is 1.75 bits per heavy atom. The van der Waals surface area contributed by atoms with Crippen LogP contribution in [0.4, 0.5) is 11.4 Å². The molecule has 0 spiro atoms. The van der Waals surface area contributed by atoms with Crippen LogP contribution in [0.1, 0.15) is 25.3 Å². The Morgan fingerprint density at radius 1 is 1.11 bits per heavy atom. The monoisotopic (exact) mass is 382 g/mol. The molecule has 3 rings (SSSR count). The normalized spacial score (nSPS) is 15.2. The van der Waals surface area contributed by atoms with E-state index in [2.05, 4.69) is 17.1 Å². The number of aromatic nitrogens is 2.